The molecular weight excluding hydrogens is 380 g/mol. The number of carbonyl (C=O) groups is 1. The fraction of sp³-hybridized carbons (Fsp3) is 0.857. The quantitative estimate of drug-likeness (QED) is 0.305. The van der Waals surface area contributed by atoms with Crippen molar-refractivity contribution in [3.63, 3.8) is 0 Å². The van der Waals surface area contributed by atoms with Crippen LogP contribution in [0.4, 0.5) is 0 Å². The third-order valence-corrected chi connectivity index (χ3v) is 9.10. The van der Waals surface area contributed by atoms with Gasteiger partial charge in [0.1, 0.15) is 0 Å². The van der Waals surface area contributed by atoms with Gasteiger partial charge in [-0.15, -0.1) is 0 Å². The lowest BCUT2D eigenvalue weighted by atomic mass is 9.89. The number of ether oxygens (including phenoxy) is 1. The van der Waals surface area contributed by atoms with Gasteiger partial charge in [0.2, 0.25) is 0 Å². The van der Waals surface area contributed by atoms with Crippen LogP contribution in [0.5, 0.6) is 0 Å². The summed E-state index contributed by atoms with van der Waals surface area (Å²) >= 11 is 0. The monoisotopic (exact) mass is 416 g/mol. The van der Waals surface area contributed by atoms with Gasteiger partial charge in [-0.1, -0.05) is 44.8 Å². The molecule has 1 saturated heterocycles. The summed E-state index contributed by atoms with van der Waals surface area (Å²) in [5, 5.41) is 19.6. The molecule has 7 heteroatoms. The van der Waals surface area contributed by atoms with Gasteiger partial charge in [-0.25, -0.2) is 8.42 Å². The first-order chi connectivity index (χ1) is 13.3. The average molecular weight is 417 g/mol. The summed E-state index contributed by atoms with van der Waals surface area (Å²) in [4.78, 5) is 11.2. The summed E-state index contributed by atoms with van der Waals surface area (Å²) in [7, 11) is -1.91. The second kappa shape index (κ2) is 10.7. The zero-order valence-electron chi connectivity index (χ0n) is 17.1. The maximum absolute atomic E-state index is 12.9. The normalized spacial score (nSPS) is 32.5. The molecule has 1 aliphatic carbocycles. The van der Waals surface area contributed by atoms with Crippen LogP contribution in [-0.4, -0.2) is 54.4 Å². The lowest BCUT2D eigenvalue weighted by Crippen LogP contribution is -2.24. The molecule has 1 aliphatic heterocycles. The Kier molecular flexibility index (Phi) is 8.96. The molecular formula is C21H36O6S. The van der Waals surface area contributed by atoms with Crippen molar-refractivity contribution in [2.75, 3.05) is 7.11 Å². The minimum absolute atomic E-state index is 0.0790. The highest BCUT2D eigenvalue weighted by atomic mass is 32.2. The van der Waals surface area contributed by atoms with Gasteiger partial charge in [0.25, 0.3) is 0 Å². The molecule has 1 saturated carbocycles. The fourth-order valence-corrected chi connectivity index (χ4v) is 7.45. The predicted octanol–water partition coefficient (Wildman–Crippen LogP) is 2.77. The number of sulfone groups is 1. The SMILES string of the molecule is CCCCCC(O)C=C[C@H]1C(O)CC2[C@@H]1CC(CCCCC(=O)OC)S2(=O)=O. The summed E-state index contributed by atoms with van der Waals surface area (Å²) in [5.74, 6) is -0.553. The molecule has 28 heavy (non-hydrogen) atoms. The van der Waals surface area contributed by atoms with Gasteiger partial charge in [-0.05, 0) is 38.0 Å². The van der Waals surface area contributed by atoms with E-state index >= 15 is 0 Å². The summed E-state index contributed by atoms with van der Waals surface area (Å²) in [6.45, 7) is 2.11. The zero-order chi connectivity index (χ0) is 20.7. The topological polar surface area (TPSA) is 101 Å². The number of hydrogen-bond donors (Lipinski definition) is 2. The molecule has 2 aliphatic rings. The van der Waals surface area contributed by atoms with Gasteiger partial charge >= 0.3 is 5.97 Å². The van der Waals surface area contributed by atoms with E-state index in [4.69, 9.17) is 0 Å². The Bertz CT molecular complexity index is 629. The number of fused-ring (bicyclic) bond motifs is 1. The summed E-state index contributed by atoms with van der Waals surface area (Å²) in [6.07, 6.45) is 9.24. The van der Waals surface area contributed by atoms with Crippen LogP contribution in [0, 0.1) is 11.8 Å². The van der Waals surface area contributed by atoms with E-state index in [1.165, 1.54) is 7.11 Å². The fourth-order valence-electron chi connectivity index (χ4n) is 4.73. The van der Waals surface area contributed by atoms with Crippen molar-refractivity contribution in [2.45, 2.75) is 93.8 Å². The number of aliphatic hydroxyl groups is 2. The molecule has 2 fully saturated rings. The van der Waals surface area contributed by atoms with Crippen molar-refractivity contribution in [3.05, 3.63) is 12.2 Å². The van der Waals surface area contributed by atoms with Gasteiger partial charge in [-0.2, -0.15) is 0 Å². The highest BCUT2D eigenvalue weighted by Crippen LogP contribution is 2.48. The minimum atomic E-state index is -3.27. The van der Waals surface area contributed by atoms with Crippen molar-refractivity contribution in [3.8, 4) is 0 Å². The first kappa shape index (κ1) is 23.4. The Morgan fingerprint density at radius 1 is 1.21 bits per heavy atom. The smallest absolute Gasteiger partial charge is 0.305 e. The second-order valence-electron chi connectivity index (χ2n) is 8.30. The number of unbranched alkanes of at least 4 members (excludes halogenated alkanes) is 3. The molecule has 0 radical (unpaired) electrons. The molecule has 0 bridgehead atoms. The molecule has 0 aromatic rings. The van der Waals surface area contributed by atoms with Crippen LogP contribution in [0.3, 0.4) is 0 Å². The van der Waals surface area contributed by atoms with Crippen molar-refractivity contribution >= 4 is 15.8 Å². The van der Waals surface area contributed by atoms with E-state index in [0.717, 1.165) is 19.3 Å². The van der Waals surface area contributed by atoms with Crippen LogP contribution in [0.2, 0.25) is 0 Å². The summed E-state index contributed by atoms with van der Waals surface area (Å²) in [6, 6.07) is 0. The Balaban J connectivity index is 1.91. The molecule has 1 heterocycles. The van der Waals surface area contributed by atoms with E-state index in [9.17, 15) is 23.4 Å². The van der Waals surface area contributed by atoms with Crippen LogP contribution >= 0.6 is 0 Å². The minimum Gasteiger partial charge on any atom is -0.469 e. The van der Waals surface area contributed by atoms with Gasteiger partial charge in [0.05, 0.1) is 29.8 Å². The van der Waals surface area contributed by atoms with Crippen molar-refractivity contribution in [2.24, 2.45) is 11.8 Å². The zero-order valence-corrected chi connectivity index (χ0v) is 17.9. The largest absolute Gasteiger partial charge is 0.469 e. The van der Waals surface area contributed by atoms with Crippen molar-refractivity contribution in [1.29, 1.82) is 0 Å². The highest BCUT2D eigenvalue weighted by molar-refractivity contribution is 7.93. The van der Waals surface area contributed by atoms with Crippen LogP contribution < -0.4 is 0 Å². The number of rotatable bonds is 11. The molecule has 0 aromatic carbocycles. The van der Waals surface area contributed by atoms with E-state index in [-0.39, 0.29) is 24.2 Å². The lowest BCUT2D eigenvalue weighted by molar-refractivity contribution is -0.140. The van der Waals surface area contributed by atoms with E-state index in [0.29, 0.717) is 38.5 Å². The lowest BCUT2D eigenvalue weighted by Gasteiger charge is -2.18. The molecule has 6 atom stereocenters. The number of hydrogen-bond acceptors (Lipinski definition) is 6. The van der Waals surface area contributed by atoms with Crippen LogP contribution in [0.25, 0.3) is 0 Å². The maximum atomic E-state index is 12.9. The van der Waals surface area contributed by atoms with Crippen molar-refractivity contribution < 1.29 is 28.2 Å². The second-order valence-corrected chi connectivity index (χ2v) is 10.7. The first-order valence-electron chi connectivity index (χ1n) is 10.6. The number of methoxy groups -OCH3 is 1. The van der Waals surface area contributed by atoms with Crippen LogP contribution in [0.1, 0.15) is 71.1 Å². The van der Waals surface area contributed by atoms with Gasteiger partial charge in [-0.3, -0.25) is 4.79 Å². The van der Waals surface area contributed by atoms with E-state index in [1.54, 1.807) is 6.08 Å². The Hall–Kier alpha value is -0.920. The van der Waals surface area contributed by atoms with Crippen LogP contribution in [0.15, 0.2) is 12.2 Å². The molecule has 0 spiro atoms. The van der Waals surface area contributed by atoms with Gasteiger partial charge in [0, 0.05) is 12.3 Å². The Morgan fingerprint density at radius 3 is 2.64 bits per heavy atom. The molecule has 6 nitrogen and oxygen atoms in total. The third kappa shape index (κ3) is 5.80. The summed E-state index contributed by atoms with van der Waals surface area (Å²) < 4.78 is 30.4. The first-order valence-corrected chi connectivity index (χ1v) is 12.3. The Labute approximate surface area is 169 Å². The predicted molar refractivity (Wildman–Crippen MR) is 108 cm³/mol. The van der Waals surface area contributed by atoms with E-state index in [1.807, 2.05) is 6.08 Å². The standard InChI is InChI=1S/C21H36O6S/c1-3-4-5-8-15(22)11-12-17-18-13-16(9-6-7-10-21(24)27-2)28(25,26)20(18)14-19(17)23/h11-12,15-20,22-23H,3-10,13-14H2,1-2H3/t15?,16?,17-,18-,19?,20?/m1/s1. The number of carbonyl (C=O) groups excluding carboxylic acids is 1. The highest BCUT2D eigenvalue weighted by Gasteiger charge is 2.55. The van der Waals surface area contributed by atoms with Crippen molar-refractivity contribution in [1.82, 2.24) is 0 Å². The summed E-state index contributed by atoms with van der Waals surface area (Å²) in [5.41, 5.74) is 0. The Morgan fingerprint density at radius 2 is 1.96 bits per heavy atom. The number of esters is 1. The molecule has 4 unspecified atom stereocenters. The molecule has 2 N–H and O–H groups in total. The molecule has 0 amide bonds. The van der Waals surface area contributed by atoms with E-state index in [2.05, 4.69) is 11.7 Å². The van der Waals surface area contributed by atoms with Crippen LogP contribution in [-0.2, 0) is 19.4 Å². The van der Waals surface area contributed by atoms with Gasteiger partial charge < -0.3 is 14.9 Å². The molecule has 162 valence electrons. The maximum Gasteiger partial charge on any atom is 0.305 e. The molecule has 0 aromatic heterocycles. The van der Waals surface area contributed by atoms with E-state index < -0.39 is 32.5 Å². The average Bonchev–Trinajstić information content (AvgIpc) is 3.09. The molecule has 2 rings (SSSR count). The third-order valence-electron chi connectivity index (χ3n) is 6.36. The van der Waals surface area contributed by atoms with Gasteiger partial charge in [0.15, 0.2) is 9.84 Å². The number of aliphatic hydroxyl groups excluding tert-OH is 2.